The first kappa shape index (κ1) is 18.8. The molecule has 1 aliphatic rings. The Labute approximate surface area is 179 Å². The van der Waals surface area contributed by atoms with E-state index in [1.165, 1.54) is 23.3 Å². The molecule has 3 aromatic carbocycles. The Bertz CT molecular complexity index is 1210. The molecule has 2 heterocycles. The van der Waals surface area contributed by atoms with Crippen molar-refractivity contribution < 1.29 is 9.13 Å². The Balaban J connectivity index is 1.56. The van der Waals surface area contributed by atoms with E-state index in [0.29, 0.717) is 11.7 Å². The molecular formula is C25H19FN2OS. The maximum Gasteiger partial charge on any atom is 0.227 e. The first-order chi connectivity index (χ1) is 14.7. The normalized spacial score (nSPS) is 12.1. The molecule has 0 N–H and O–H groups in total. The fourth-order valence-electron chi connectivity index (χ4n) is 3.49. The molecule has 30 heavy (non-hydrogen) atoms. The molecule has 0 fully saturated rings. The van der Waals surface area contributed by atoms with Crippen molar-refractivity contribution in [3.63, 3.8) is 0 Å². The van der Waals surface area contributed by atoms with Gasteiger partial charge in [-0.1, -0.05) is 48.0 Å². The van der Waals surface area contributed by atoms with E-state index < -0.39 is 0 Å². The molecular weight excluding hydrogens is 395 g/mol. The van der Waals surface area contributed by atoms with E-state index in [4.69, 9.17) is 9.72 Å². The van der Waals surface area contributed by atoms with Crippen LogP contribution >= 0.6 is 11.8 Å². The van der Waals surface area contributed by atoms with Crippen LogP contribution in [0.3, 0.4) is 0 Å². The summed E-state index contributed by atoms with van der Waals surface area (Å²) in [5.41, 5.74) is 5.33. The number of ether oxygens (including phenoxy) is 1. The molecule has 0 radical (unpaired) electrons. The van der Waals surface area contributed by atoms with E-state index >= 15 is 0 Å². The zero-order chi connectivity index (χ0) is 20.5. The van der Waals surface area contributed by atoms with Crippen molar-refractivity contribution in [2.45, 2.75) is 24.1 Å². The van der Waals surface area contributed by atoms with Gasteiger partial charge in [-0.15, -0.1) is 11.8 Å². The Kier molecular flexibility index (Phi) is 4.97. The standard InChI is InChI=1S/C25H19FN2OS/c1-16-7-12-22-19(13-16)14-21-24(29-22)27-23(18-8-10-20(26)11-9-18)28-25(21)30-15-17-5-3-2-4-6-17/h2-13H,14-15H2,1H3. The van der Waals surface area contributed by atoms with Crippen LogP contribution in [0.2, 0.25) is 0 Å². The monoisotopic (exact) mass is 414 g/mol. The van der Waals surface area contributed by atoms with E-state index in [1.54, 1.807) is 23.9 Å². The zero-order valence-corrected chi connectivity index (χ0v) is 17.2. The maximum atomic E-state index is 13.4. The molecule has 0 atom stereocenters. The second-order valence-electron chi connectivity index (χ2n) is 7.31. The van der Waals surface area contributed by atoms with E-state index in [0.717, 1.165) is 39.6 Å². The topological polar surface area (TPSA) is 35.0 Å². The third kappa shape index (κ3) is 3.81. The van der Waals surface area contributed by atoms with Crippen LogP contribution in [0.5, 0.6) is 11.6 Å². The largest absolute Gasteiger partial charge is 0.438 e. The molecule has 1 aromatic heterocycles. The molecule has 0 amide bonds. The van der Waals surface area contributed by atoms with E-state index in [-0.39, 0.29) is 5.82 Å². The van der Waals surface area contributed by atoms with Crippen LogP contribution < -0.4 is 4.74 Å². The third-order valence-electron chi connectivity index (χ3n) is 5.04. The Hall–Kier alpha value is -3.18. The molecule has 0 bridgehead atoms. The number of rotatable bonds is 4. The van der Waals surface area contributed by atoms with Crippen molar-refractivity contribution >= 4 is 11.8 Å². The minimum absolute atomic E-state index is 0.282. The number of fused-ring (bicyclic) bond motifs is 2. The number of hydrogen-bond acceptors (Lipinski definition) is 4. The fourth-order valence-corrected chi connectivity index (χ4v) is 4.47. The summed E-state index contributed by atoms with van der Waals surface area (Å²) in [5, 5.41) is 0.898. The van der Waals surface area contributed by atoms with Gasteiger partial charge in [0, 0.05) is 17.7 Å². The smallest absolute Gasteiger partial charge is 0.227 e. The summed E-state index contributed by atoms with van der Waals surface area (Å²) in [4.78, 5) is 9.53. The number of halogens is 1. The van der Waals surface area contributed by atoms with Gasteiger partial charge in [0.1, 0.15) is 16.6 Å². The molecule has 4 aromatic rings. The lowest BCUT2D eigenvalue weighted by Crippen LogP contribution is -2.09. The molecule has 148 valence electrons. The average Bonchev–Trinajstić information content (AvgIpc) is 2.77. The summed E-state index contributed by atoms with van der Waals surface area (Å²) >= 11 is 1.67. The van der Waals surface area contributed by atoms with Crippen molar-refractivity contribution in [1.29, 1.82) is 0 Å². The highest BCUT2D eigenvalue weighted by Crippen LogP contribution is 2.41. The Morgan fingerprint density at radius 3 is 2.57 bits per heavy atom. The van der Waals surface area contributed by atoms with Gasteiger partial charge in [0.15, 0.2) is 5.82 Å². The van der Waals surface area contributed by atoms with Crippen LogP contribution in [-0.4, -0.2) is 9.97 Å². The summed E-state index contributed by atoms with van der Waals surface area (Å²) < 4.78 is 19.6. The van der Waals surface area contributed by atoms with Gasteiger partial charge in [-0.2, -0.15) is 4.98 Å². The van der Waals surface area contributed by atoms with Gasteiger partial charge in [0.05, 0.1) is 5.56 Å². The number of hydrogen-bond donors (Lipinski definition) is 0. The molecule has 0 unspecified atom stereocenters. The SMILES string of the molecule is Cc1ccc2c(c1)Cc1c(nc(-c3ccc(F)cc3)nc1SCc1ccccc1)O2. The van der Waals surface area contributed by atoms with Crippen molar-refractivity contribution in [1.82, 2.24) is 9.97 Å². The molecule has 0 aliphatic carbocycles. The number of thioether (sulfide) groups is 1. The predicted octanol–water partition coefficient (Wildman–Crippen LogP) is 6.58. The zero-order valence-electron chi connectivity index (χ0n) is 16.4. The van der Waals surface area contributed by atoms with Crippen LogP contribution in [-0.2, 0) is 12.2 Å². The summed E-state index contributed by atoms with van der Waals surface area (Å²) in [6, 6.07) is 22.7. The number of benzene rings is 3. The quantitative estimate of drug-likeness (QED) is 0.246. The lowest BCUT2D eigenvalue weighted by molar-refractivity contribution is 0.435. The molecule has 0 spiro atoms. The van der Waals surface area contributed by atoms with Gasteiger partial charge in [-0.25, -0.2) is 9.37 Å². The molecule has 5 rings (SSSR count). The van der Waals surface area contributed by atoms with E-state index in [2.05, 4.69) is 30.1 Å². The second kappa shape index (κ2) is 7.92. The number of aromatic nitrogens is 2. The molecule has 1 aliphatic heterocycles. The van der Waals surface area contributed by atoms with Crippen LogP contribution in [0, 0.1) is 12.7 Å². The van der Waals surface area contributed by atoms with Gasteiger partial charge in [0.25, 0.3) is 0 Å². The van der Waals surface area contributed by atoms with Gasteiger partial charge in [-0.3, -0.25) is 0 Å². The molecule has 0 saturated heterocycles. The van der Waals surface area contributed by atoms with Crippen molar-refractivity contribution in [3.8, 4) is 23.0 Å². The molecule has 5 heteroatoms. The average molecular weight is 415 g/mol. The van der Waals surface area contributed by atoms with Crippen molar-refractivity contribution in [2.24, 2.45) is 0 Å². The minimum Gasteiger partial charge on any atom is -0.438 e. The second-order valence-corrected chi connectivity index (χ2v) is 8.27. The number of nitrogens with zero attached hydrogens (tertiary/aromatic N) is 2. The third-order valence-corrected chi connectivity index (χ3v) is 6.13. The fraction of sp³-hybridized carbons (Fsp3) is 0.120. The first-order valence-corrected chi connectivity index (χ1v) is 10.8. The number of aryl methyl sites for hydroxylation is 1. The summed E-state index contributed by atoms with van der Waals surface area (Å²) in [7, 11) is 0. The lowest BCUT2D eigenvalue weighted by atomic mass is 10.0. The van der Waals surface area contributed by atoms with Crippen molar-refractivity contribution in [3.05, 3.63) is 101 Å². The highest BCUT2D eigenvalue weighted by molar-refractivity contribution is 7.98. The van der Waals surface area contributed by atoms with Gasteiger partial charge in [0.2, 0.25) is 5.88 Å². The van der Waals surface area contributed by atoms with E-state index in [1.807, 2.05) is 30.3 Å². The van der Waals surface area contributed by atoms with Crippen molar-refractivity contribution in [2.75, 3.05) is 0 Å². The molecule has 0 saturated carbocycles. The van der Waals surface area contributed by atoms with E-state index in [9.17, 15) is 4.39 Å². The highest BCUT2D eigenvalue weighted by Gasteiger charge is 2.24. The summed E-state index contributed by atoms with van der Waals surface area (Å²) in [6.45, 7) is 2.08. The molecule has 3 nitrogen and oxygen atoms in total. The van der Waals surface area contributed by atoms with Crippen LogP contribution in [0.15, 0.2) is 77.8 Å². The predicted molar refractivity (Wildman–Crippen MR) is 117 cm³/mol. The maximum absolute atomic E-state index is 13.4. The van der Waals surface area contributed by atoms with Gasteiger partial charge < -0.3 is 4.74 Å². The summed E-state index contributed by atoms with van der Waals surface area (Å²) in [6.07, 6.45) is 0.729. The van der Waals surface area contributed by atoms with Gasteiger partial charge >= 0.3 is 0 Å². The summed E-state index contributed by atoms with van der Waals surface area (Å²) in [5.74, 6) is 2.47. The Morgan fingerprint density at radius 1 is 0.967 bits per heavy atom. The van der Waals surface area contributed by atoms with Crippen LogP contribution in [0.25, 0.3) is 11.4 Å². The lowest BCUT2D eigenvalue weighted by Gasteiger charge is -2.22. The minimum atomic E-state index is -0.282. The highest BCUT2D eigenvalue weighted by atomic mass is 32.2. The van der Waals surface area contributed by atoms with Gasteiger partial charge in [-0.05, 0) is 48.4 Å². The van der Waals surface area contributed by atoms with Crippen LogP contribution in [0.4, 0.5) is 4.39 Å². The Morgan fingerprint density at radius 2 is 1.77 bits per heavy atom. The van der Waals surface area contributed by atoms with Crippen LogP contribution in [0.1, 0.15) is 22.3 Å². The first-order valence-electron chi connectivity index (χ1n) is 9.77.